The average Bonchev–Trinajstić information content (AvgIpc) is 2.56. The lowest BCUT2D eigenvalue weighted by atomic mass is 9.97. The third kappa shape index (κ3) is 4.19. The minimum Gasteiger partial charge on any atom is -0.481 e. The van der Waals surface area contributed by atoms with Gasteiger partial charge >= 0.3 is 5.97 Å². The largest absolute Gasteiger partial charge is 0.481 e. The van der Waals surface area contributed by atoms with Gasteiger partial charge in [0.2, 0.25) is 5.91 Å². The van der Waals surface area contributed by atoms with Gasteiger partial charge in [-0.2, -0.15) is 0 Å². The van der Waals surface area contributed by atoms with Crippen molar-refractivity contribution in [2.24, 2.45) is 5.92 Å². The van der Waals surface area contributed by atoms with E-state index in [0.29, 0.717) is 25.9 Å². The number of benzene rings is 1. The Morgan fingerprint density at radius 3 is 2.46 bits per heavy atom. The van der Waals surface area contributed by atoms with E-state index in [0.717, 1.165) is 0 Å². The molecule has 0 saturated carbocycles. The first-order valence-corrected chi connectivity index (χ1v) is 8.27. The quantitative estimate of drug-likeness (QED) is 0.879. The highest BCUT2D eigenvalue weighted by molar-refractivity contribution is 6.43. The van der Waals surface area contributed by atoms with Crippen molar-refractivity contribution in [3.63, 3.8) is 0 Å². The van der Waals surface area contributed by atoms with E-state index in [1.807, 2.05) is 0 Å². The van der Waals surface area contributed by atoms with Crippen LogP contribution in [0.15, 0.2) is 18.2 Å². The van der Waals surface area contributed by atoms with E-state index in [-0.39, 0.29) is 28.1 Å². The van der Waals surface area contributed by atoms with Crippen LogP contribution in [0.1, 0.15) is 23.2 Å². The van der Waals surface area contributed by atoms with Crippen molar-refractivity contribution in [2.45, 2.75) is 12.8 Å². The van der Waals surface area contributed by atoms with Crippen LogP contribution in [0.25, 0.3) is 0 Å². The van der Waals surface area contributed by atoms with Crippen molar-refractivity contribution < 1.29 is 19.5 Å². The van der Waals surface area contributed by atoms with Gasteiger partial charge in [-0.15, -0.1) is 0 Å². The van der Waals surface area contributed by atoms with Crippen LogP contribution in [0.2, 0.25) is 10.0 Å². The molecule has 0 spiro atoms. The van der Waals surface area contributed by atoms with Gasteiger partial charge in [0.15, 0.2) is 0 Å². The van der Waals surface area contributed by atoms with Crippen molar-refractivity contribution in [1.29, 1.82) is 0 Å². The Bertz CT molecular complexity index is 657. The molecule has 0 unspecified atom stereocenters. The Morgan fingerprint density at radius 1 is 1.25 bits per heavy atom. The third-order valence-corrected chi connectivity index (χ3v) is 4.92. The number of amides is 2. The van der Waals surface area contributed by atoms with Crippen molar-refractivity contribution in [2.75, 3.05) is 26.7 Å². The minimum atomic E-state index is -0.829. The van der Waals surface area contributed by atoms with Crippen LogP contribution in [0, 0.1) is 5.92 Å². The molecule has 0 aliphatic carbocycles. The number of carboxylic acids is 1. The molecule has 1 aromatic carbocycles. The van der Waals surface area contributed by atoms with Crippen LogP contribution in [-0.2, 0) is 9.59 Å². The Balaban J connectivity index is 1.95. The molecular weight excluding hydrogens is 355 g/mol. The topological polar surface area (TPSA) is 77.9 Å². The molecule has 1 heterocycles. The van der Waals surface area contributed by atoms with Crippen LogP contribution in [0.3, 0.4) is 0 Å². The molecule has 1 N–H and O–H groups in total. The van der Waals surface area contributed by atoms with Gasteiger partial charge in [-0.3, -0.25) is 14.4 Å². The Hall–Kier alpha value is -1.79. The number of piperidine rings is 1. The molecule has 0 radical (unpaired) electrons. The highest BCUT2D eigenvalue weighted by Crippen LogP contribution is 2.26. The molecule has 2 rings (SSSR count). The van der Waals surface area contributed by atoms with Gasteiger partial charge < -0.3 is 14.9 Å². The molecule has 0 atom stereocenters. The summed E-state index contributed by atoms with van der Waals surface area (Å²) in [6, 6.07) is 4.75. The number of hydrogen-bond acceptors (Lipinski definition) is 3. The fraction of sp³-hybridized carbons (Fsp3) is 0.438. The number of carbonyl (C=O) groups excluding carboxylic acids is 2. The smallest absolute Gasteiger partial charge is 0.306 e. The fourth-order valence-corrected chi connectivity index (χ4v) is 3.01. The number of hydrogen-bond donors (Lipinski definition) is 1. The lowest BCUT2D eigenvalue weighted by Crippen LogP contribution is -2.45. The zero-order chi connectivity index (χ0) is 17.9. The summed E-state index contributed by atoms with van der Waals surface area (Å²) in [6.45, 7) is 0.672. The van der Waals surface area contributed by atoms with Crippen LogP contribution in [-0.4, -0.2) is 59.4 Å². The van der Waals surface area contributed by atoms with Crippen LogP contribution >= 0.6 is 23.2 Å². The molecule has 6 nitrogen and oxygen atoms in total. The van der Waals surface area contributed by atoms with E-state index in [1.165, 1.54) is 11.9 Å². The maximum Gasteiger partial charge on any atom is 0.306 e. The van der Waals surface area contributed by atoms with E-state index < -0.39 is 17.8 Å². The summed E-state index contributed by atoms with van der Waals surface area (Å²) in [7, 11) is 1.52. The van der Waals surface area contributed by atoms with E-state index in [4.69, 9.17) is 28.3 Å². The normalized spacial score (nSPS) is 15.2. The van der Waals surface area contributed by atoms with Crippen LogP contribution in [0.5, 0.6) is 0 Å². The molecular formula is C16H18Cl2N2O4. The predicted molar refractivity (Wildman–Crippen MR) is 90.4 cm³/mol. The van der Waals surface area contributed by atoms with Gasteiger partial charge in [-0.25, -0.2) is 0 Å². The van der Waals surface area contributed by atoms with Gasteiger partial charge in [0.25, 0.3) is 5.91 Å². The minimum absolute atomic E-state index is 0.0978. The van der Waals surface area contributed by atoms with Gasteiger partial charge in [0, 0.05) is 20.1 Å². The number of carboxylic acid groups (broad SMARTS) is 1. The number of likely N-dealkylation sites (N-methyl/N-ethyl adjacent to an activating group) is 1. The first-order chi connectivity index (χ1) is 11.3. The van der Waals surface area contributed by atoms with E-state index in [9.17, 15) is 14.4 Å². The van der Waals surface area contributed by atoms with E-state index in [1.54, 1.807) is 23.1 Å². The maximum absolute atomic E-state index is 12.4. The lowest BCUT2D eigenvalue weighted by molar-refractivity contribution is -0.145. The second-order valence-electron chi connectivity index (χ2n) is 5.76. The first kappa shape index (κ1) is 18.5. The summed E-state index contributed by atoms with van der Waals surface area (Å²) in [4.78, 5) is 38.5. The SMILES string of the molecule is CN(CC(=O)N1CCC(C(=O)O)CC1)C(=O)c1cccc(Cl)c1Cl. The van der Waals surface area contributed by atoms with Gasteiger partial charge in [0.05, 0.1) is 28.1 Å². The molecule has 2 amide bonds. The molecule has 1 aliphatic heterocycles. The molecule has 130 valence electrons. The summed E-state index contributed by atoms with van der Waals surface area (Å²) in [5.74, 6) is -1.84. The monoisotopic (exact) mass is 372 g/mol. The van der Waals surface area contributed by atoms with E-state index >= 15 is 0 Å². The number of likely N-dealkylation sites (tertiary alicyclic amines) is 1. The second kappa shape index (κ2) is 7.85. The third-order valence-electron chi connectivity index (χ3n) is 4.10. The summed E-state index contributed by atoms with van der Waals surface area (Å²) in [5.41, 5.74) is 0.240. The van der Waals surface area contributed by atoms with Crippen molar-refractivity contribution in [3.8, 4) is 0 Å². The van der Waals surface area contributed by atoms with Gasteiger partial charge in [-0.1, -0.05) is 29.3 Å². The second-order valence-corrected chi connectivity index (χ2v) is 6.54. The molecule has 1 fully saturated rings. The number of carbonyl (C=O) groups is 3. The molecule has 24 heavy (non-hydrogen) atoms. The summed E-state index contributed by atoms with van der Waals surface area (Å²) < 4.78 is 0. The van der Waals surface area contributed by atoms with Crippen molar-refractivity contribution >= 4 is 41.0 Å². The molecule has 1 aromatic rings. The molecule has 8 heteroatoms. The zero-order valence-corrected chi connectivity index (χ0v) is 14.7. The molecule has 0 aromatic heterocycles. The summed E-state index contributed by atoms with van der Waals surface area (Å²) in [6.07, 6.45) is 0.859. The fourth-order valence-electron chi connectivity index (χ4n) is 2.63. The maximum atomic E-state index is 12.4. The van der Waals surface area contributed by atoms with Crippen molar-refractivity contribution in [1.82, 2.24) is 9.80 Å². The highest BCUT2D eigenvalue weighted by Gasteiger charge is 2.28. The standard InChI is InChI=1S/C16H18Cl2N2O4/c1-19(15(22)11-3-2-4-12(17)14(11)18)9-13(21)20-7-5-10(6-8-20)16(23)24/h2-4,10H,5-9H2,1H3,(H,23,24). The van der Waals surface area contributed by atoms with Crippen LogP contribution in [0.4, 0.5) is 0 Å². The molecule has 0 bridgehead atoms. The zero-order valence-electron chi connectivity index (χ0n) is 13.2. The Kier molecular flexibility index (Phi) is 6.07. The summed E-state index contributed by atoms with van der Waals surface area (Å²) in [5, 5.41) is 9.41. The molecule has 1 aliphatic rings. The average molecular weight is 373 g/mol. The van der Waals surface area contributed by atoms with Gasteiger partial charge in [0.1, 0.15) is 0 Å². The van der Waals surface area contributed by atoms with Crippen LogP contribution < -0.4 is 0 Å². The summed E-state index contributed by atoms with van der Waals surface area (Å²) >= 11 is 11.9. The lowest BCUT2D eigenvalue weighted by Gasteiger charge is -2.31. The van der Waals surface area contributed by atoms with Gasteiger partial charge in [-0.05, 0) is 25.0 Å². The highest BCUT2D eigenvalue weighted by atomic mass is 35.5. The number of halogens is 2. The predicted octanol–water partition coefficient (Wildman–Crippen LogP) is 2.39. The Labute approximate surface area is 149 Å². The molecule has 1 saturated heterocycles. The van der Waals surface area contributed by atoms with Crippen molar-refractivity contribution in [3.05, 3.63) is 33.8 Å². The van der Waals surface area contributed by atoms with E-state index in [2.05, 4.69) is 0 Å². The number of aliphatic carboxylic acids is 1. The first-order valence-electron chi connectivity index (χ1n) is 7.51. The number of rotatable bonds is 4. The Morgan fingerprint density at radius 2 is 1.88 bits per heavy atom. The number of nitrogens with zero attached hydrogens (tertiary/aromatic N) is 2.